The average molecular weight is 640 g/mol. The van der Waals surface area contributed by atoms with Gasteiger partial charge in [-0.05, 0) is 74.9 Å². The zero-order valence-corrected chi connectivity index (χ0v) is 28.2. The molecule has 3 aromatic rings. The van der Waals surface area contributed by atoms with Crippen LogP contribution in [-0.4, -0.2) is 103 Å². The van der Waals surface area contributed by atoms with Gasteiger partial charge in [0.2, 0.25) is 0 Å². The van der Waals surface area contributed by atoms with Gasteiger partial charge >= 0.3 is 12.1 Å². The van der Waals surface area contributed by atoms with Crippen LogP contribution in [0.15, 0.2) is 36.4 Å². The van der Waals surface area contributed by atoms with Crippen LogP contribution < -0.4 is 19.9 Å². The van der Waals surface area contributed by atoms with Crippen molar-refractivity contribution in [2.24, 2.45) is 0 Å². The molecule has 2 aromatic carbocycles. The molecule has 4 atom stereocenters. The summed E-state index contributed by atoms with van der Waals surface area (Å²) in [6, 6.07) is 15.1. The first-order chi connectivity index (χ1) is 22.9. The highest BCUT2D eigenvalue weighted by Gasteiger charge is 2.50. The van der Waals surface area contributed by atoms with Crippen LogP contribution in [0.4, 0.5) is 16.3 Å². The maximum atomic E-state index is 12.1. The van der Waals surface area contributed by atoms with Crippen LogP contribution in [0.1, 0.15) is 62.3 Å². The summed E-state index contributed by atoms with van der Waals surface area (Å²) in [5, 5.41) is 6.44. The number of carbonyl (C=O) groups excluding carboxylic acids is 1. The number of amides is 1. The second-order valence-electron chi connectivity index (χ2n) is 14.6. The first-order valence-corrected chi connectivity index (χ1v) is 17.8. The molecule has 4 fully saturated rings. The fraction of sp³-hybridized carbons (Fsp3) is 0.595. The Balaban J connectivity index is 1.08. The van der Waals surface area contributed by atoms with Crippen LogP contribution in [-0.2, 0) is 24.1 Å². The summed E-state index contributed by atoms with van der Waals surface area (Å²) in [5.41, 5.74) is 5.00. The van der Waals surface area contributed by atoms with E-state index in [2.05, 4.69) is 63.3 Å². The molecule has 8 rings (SSSR count). The van der Waals surface area contributed by atoms with Crippen molar-refractivity contribution < 1.29 is 14.3 Å². The molecule has 250 valence electrons. The zero-order chi connectivity index (χ0) is 32.1. The van der Waals surface area contributed by atoms with Crippen molar-refractivity contribution in [2.75, 3.05) is 63.3 Å². The predicted molar refractivity (Wildman–Crippen MR) is 184 cm³/mol. The number of hydrogen-bond donors (Lipinski definition) is 1. The summed E-state index contributed by atoms with van der Waals surface area (Å²) in [4.78, 5) is 31.6. The van der Waals surface area contributed by atoms with Crippen molar-refractivity contribution in [1.29, 1.82) is 0 Å². The van der Waals surface area contributed by atoms with Crippen LogP contribution in [0, 0.1) is 0 Å². The van der Waals surface area contributed by atoms with Crippen molar-refractivity contribution in [2.45, 2.75) is 88.5 Å². The van der Waals surface area contributed by atoms with Crippen LogP contribution in [0.3, 0.4) is 0 Å². The Morgan fingerprint density at radius 1 is 1.02 bits per heavy atom. The molecule has 5 aliphatic rings. The molecule has 47 heavy (non-hydrogen) atoms. The number of nitrogens with one attached hydrogen (secondary N) is 1. The van der Waals surface area contributed by atoms with E-state index < -0.39 is 0 Å². The SMILES string of the molecule is CCc1cccc2cccc(N3CCc4c(nc(OC[C@]56CCCN5[C@@H](COC(=O)N(C)C)CC6)nc4N4CC5CCC(C4)N5)C3)c12. The van der Waals surface area contributed by atoms with E-state index in [1.54, 1.807) is 14.1 Å². The quantitative estimate of drug-likeness (QED) is 0.375. The third kappa shape index (κ3) is 5.67. The highest BCUT2D eigenvalue weighted by Crippen LogP contribution is 2.43. The maximum absolute atomic E-state index is 12.1. The molecule has 2 bridgehead atoms. The molecule has 0 radical (unpaired) electrons. The van der Waals surface area contributed by atoms with Gasteiger partial charge < -0.3 is 29.5 Å². The number of ether oxygens (including phenoxy) is 2. The van der Waals surface area contributed by atoms with Crippen molar-refractivity contribution >= 4 is 28.4 Å². The van der Waals surface area contributed by atoms with Gasteiger partial charge in [0.05, 0.1) is 17.8 Å². The lowest BCUT2D eigenvalue weighted by molar-refractivity contribution is 0.0483. The molecular weight excluding hydrogens is 590 g/mol. The monoisotopic (exact) mass is 639 g/mol. The molecule has 1 N–H and O–H groups in total. The van der Waals surface area contributed by atoms with E-state index in [1.807, 2.05) is 0 Å². The lowest BCUT2D eigenvalue weighted by atomic mass is 9.95. The molecule has 0 saturated carbocycles. The van der Waals surface area contributed by atoms with Crippen LogP contribution in [0.5, 0.6) is 6.01 Å². The topological polar surface area (TPSA) is 86.3 Å². The van der Waals surface area contributed by atoms with Gasteiger partial charge in [-0.2, -0.15) is 9.97 Å². The van der Waals surface area contributed by atoms with Crippen molar-refractivity contribution in [3.8, 4) is 6.01 Å². The van der Waals surface area contributed by atoms with Crippen molar-refractivity contribution in [3.05, 3.63) is 53.2 Å². The number of rotatable bonds is 8. The van der Waals surface area contributed by atoms with Gasteiger partial charge in [-0.1, -0.05) is 37.3 Å². The molecule has 0 aliphatic carbocycles. The molecule has 4 saturated heterocycles. The number of aryl methyl sites for hydroxylation is 1. The van der Waals surface area contributed by atoms with Gasteiger partial charge in [0.1, 0.15) is 19.0 Å². The average Bonchev–Trinajstić information content (AvgIpc) is 3.77. The van der Waals surface area contributed by atoms with Gasteiger partial charge in [0, 0.05) is 68.5 Å². The van der Waals surface area contributed by atoms with E-state index in [-0.39, 0.29) is 17.7 Å². The third-order valence-electron chi connectivity index (χ3n) is 11.5. The number of nitrogens with zero attached hydrogens (tertiary/aromatic N) is 6. The number of aromatic nitrogens is 2. The number of hydrogen-bond acceptors (Lipinski definition) is 9. The minimum Gasteiger partial charge on any atom is -0.461 e. The predicted octanol–water partition coefficient (Wildman–Crippen LogP) is 4.77. The lowest BCUT2D eigenvalue weighted by Crippen LogP contribution is -2.52. The Labute approximate surface area is 278 Å². The minimum atomic E-state index is -0.280. The summed E-state index contributed by atoms with van der Waals surface area (Å²) >= 11 is 0. The summed E-state index contributed by atoms with van der Waals surface area (Å²) in [7, 11) is 3.46. The maximum Gasteiger partial charge on any atom is 0.409 e. The smallest absolute Gasteiger partial charge is 0.409 e. The van der Waals surface area contributed by atoms with Gasteiger partial charge in [-0.3, -0.25) is 4.90 Å². The van der Waals surface area contributed by atoms with E-state index >= 15 is 0 Å². The summed E-state index contributed by atoms with van der Waals surface area (Å²) in [6.45, 7) is 7.89. The van der Waals surface area contributed by atoms with Crippen molar-refractivity contribution in [1.82, 2.24) is 25.1 Å². The first-order valence-electron chi connectivity index (χ1n) is 17.8. The van der Waals surface area contributed by atoms with Crippen molar-refractivity contribution in [3.63, 3.8) is 0 Å². The Bertz CT molecular complexity index is 1630. The minimum absolute atomic E-state index is 0.0612. The Morgan fingerprint density at radius 2 is 1.83 bits per heavy atom. The highest BCUT2D eigenvalue weighted by atomic mass is 16.6. The molecule has 10 heteroatoms. The molecule has 5 aliphatic heterocycles. The molecule has 1 amide bonds. The number of piperazine rings is 1. The van der Waals surface area contributed by atoms with E-state index in [1.165, 1.54) is 45.3 Å². The van der Waals surface area contributed by atoms with Crippen LogP contribution in [0.2, 0.25) is 0 Å². The molecule has 2 unspecified atom stereocenters. The molecule has 0 spiro atoms. The summed E-state index contributed by atoms with van der Waals surface area (Å²) < 4.78 is 12.3. The Morgan fingerprint density at radius 3 is 2.62 bits per heavy atom. The molecular formula is C37H49N7O3. The van der Waals surface area contributed by atoms with Gasteiger partial charge in [-0.25, -0.2) is 4.79 Å². The van der Waals surface area contributed by atoms with Gasteiger partial charge in [-0.15, -0.1) is 0 Å². The van der Waals surface area contributed by atoms with Gasteiger partial charge in [0.15, 0.2) is 0 Å². The van der Waals surface area contributed by atoms with E-state index in [4.69, 9.17) is 19.4 Å². The standard InChI is InChI=1S/C37H49N7O3/c1-4-25-8-5-9-26-10-6-11-32(33(25)26)42-19-15-30-31(22-42)39-35(40-34(30)43-20-27-12-13-28(21-43)38-27)47-24-37-16-7-18-44(37)29(14-17-37)23-46-36(45)41(2)3/h5-6,8-11,27-29,38H,4,7,12-24H2,1-3H3/t27?,28?,29-,37-/m1/s1. The summed E-state index contributed by atoms with van der Waals surface area (Å²) in [5.74, 6) is 1.08. The normalized spacial score (nSPS) is 26.8. The van der Waals surface area contributed by atoms with Gasteiger partial charge in [0.25, 0.3) is 0 Å². The van der Waals surface area contributed by atoms with E-state index in [0.717, 1.165) is 82.8 Å². The summed E-state index contributed by atoms with van der Waals surface area (Å²) in [6.07, 6.45) is 8.35. The fourth-order valence-electron chi connectivity index (χ4n) is 9.13. The Kier molecular flexibility index (Phi) is 8.12. The van der Waals surface area contributed by atoms with Crippen LogP contribution in [0.25, 0.3) is 10.8 Å². The fourth-order valence-corrected chi connectivity index (χ4v) is 9.13. The highest BCUT2D eigenvalue weighted by molar-refractivity contribution is 5.97. The largest absolute Gasteiger partial charge is 0.461 e. The third-order valence-corrected chi connectivity index (χ3v) is 11.5. The molecule has 6 heterocycles. The zero-order valence-electron chi connectivity index (χ0n) is 28.2. The first kappa shape index (κ1) is 30.7. The number of fused-ring (bicyclic) bond motifs is 5. The lowest BCUT2D eigenvalue weighted by Gasteiger charge is -2.38. The second-order valence-corrected chi connectivity index (χ2v) is 14.6. The number of anilines is 2. The Hall–Kier alpha value is -3.63. The number of benzene rings is 2. The van der Waals surface area contributed by atoms with Crippen LogP contribution >= 0.6 is 0 Å². The molecule has 1 aromatic heterocycles. The van der Waals surface area contributed by atoms with E-state index in [9.17, 15) is 4.79 Å². The molecule has 10 nitrogen and oxygen atoms in total. The second kappa shape index (κ2) is 12.4. The van der Waals surface area contributed by atoms with E-state index in [0.29, 0.717) is 31.3 Å². The number of carbonyl (C=O) groups is 1.